The Hall–Kier alpha value is -1.09. The van der Waals surface area contributed by atoms with Crippen LogP contribution < -0.4 is 10.5 Å². The average Bonchev–Trinajstić information content (AvgIpc) is 3.09. The topological polar surface area (TPSA) is 35.2 Å². The van der Waals surface area contributed by atoms with Gasteiger partial charge in [-0.1, -0.05) is 19.4 Å². The van der Waals surface area contributed by atoms with Gasteiger partial charge in [0.1, 0.15) is 0 Å². The van der Waals surface area contributed by atoms with Crippen LogP contribution in [0.4, 0.5) is 4.39 Å². The number of benzene rings is 1. The molecule has 0 heterocycles. The van der Waals surface area contributed by atoms with Gasteiger partial charge < -0.3 is 10.5 Å². The van der Waals surface area contributed by atoms with Crippen molar-refractivity contribution in [3.05, 3.63) is 29.6 Å². The van der Waals surface area contributed by atoms with Gasteiger partial charge in [0, 0.05) is 6.04 Å². The molecular weight excluding hydrogens is 265 g/mol. The Labute approximate surface area is 126 Å². The molecule has 2 N–H and O–H groups in total. The zero-order valence-electron chi connectivity index (χ0n) is 12.9. The van der Waals surface area contributed by atoms with Crippen molar-refractivity contribution in [2.24, 2.45) is 23.5 Å². The Morgan fingerprint density at radius 1 is 1.33 bits per heavy atom. The van der Waals surface area contributed by atoms with Crippen LogP contribution in [-0.4, -0.2) is 12.6 Å². The van der Waals surface area contributed by atoms with Crippen molar-refractivity contribution < 1.29 is 9.13 Å². The molecule has 2 aliphatic rings. The smallest absolute Gasteiger partial charge is 0.165 e. The van der Waals surface area contributed by atoms with Gasteiger partial charge >= 0.3 is 0 Å². The molecule has 0 aliphatic heterocycles. The molecule has 2 nitrogen and oxygen atoms in total. The molecule has 116 valence electrons. The number of ether oxygens (including phenoxy) is 1. The van der Waals surface area contributed by atoms with Crippen molar-refractivity contribution in [1.82, 2.24) is 0 Å². The second-order valence-electron chi connectivity index (χ2n) is 6.88. The summed E-state index contributed by atoms with van der Waals surface area (Å²) < 4.78 is 19.9. The van der Waals surface area contributed by atoms with Crippen LogP contribution in [0.1, 0.15) is 44.6 Å². The summed E-state index contributed by atoms with van der Waals surface area (Å²) in [7, 11) is 0. The number of nitrogens with two attached hydrogens (primary N) is 1. The van der Waals surface area contributed by atoms with Gasteiger partial charge in [-0.3, -0.25) is 0 Å². The molecule has 3 heteroatoms. The molecule has 0 saturated heterocycles. The summed E-state index contributed by atoms with van der Waals surface area (Å²) in [6.45, 7) is 2.72. The highest BCUT2D eigenvalue weighted by atomic mass is 19.1. The number of halogens is 1. The molecule has 2 saturated carbocycles. The Bertz CT molecular complexity index is 490. The summed E-state index contributed by atoms with van der Waals surface area (Å²) in [6.07, 6.45) is 7.00. The lowest BCUT2D eigenvalue weighted by Gasteiger charge is -2.22. The SMILES string of the molecule is CCC(N)Cc1ccc(OCC2CC3CCC2C3)c(F)c1. The minimum absolute atomic E-state index is 0.102. The first kappa shape index (κ1) is 14.8. The Balaban J connectivity index is 1.56. The fourth-order valence-corrected chi connectivity index (χ4v) is 4.01. The summed E-state index contributed by atoms with van der Waals surface area (Å²) in [5.41, 5.74) is 6.87. The summed E-state index contributed by atoms with van der Waals surface area (Å²) in [5, 5.41) is 0. The molecule has 1 aromatic carbocycles. The first-order valence-corrected chi connectivity index (χ1v) is 8.32. The molecule has 3 rings (SSSR count). The maximum atomic E-state index is 14.1. The number of hydrogen-bond donors (Lipinski definition) is 1. The quantitative estimate of drug-likeness (QED) is 0.862. The van der Waals surface area contributed by atoms with Gasteiger partial charge in [-0.2, -0.15) is 0 Å². The highest BCUT2D eigenvalue weighted by Crippen LogP contribution is 2.48. The minimum Gasteiger partial charge on any atom is -0.490 e. The predicted molar refractivity (Wildman–Crippen MR) is 82.8 cm³/mol. The van der Waals surface area contributed by atoms with E-state index in [-0.39, 0.29) is 11.9 Å². The highest BCUT2D eigenvalue weighted by Gasteiger charge is 2.39. The maximum absolute atomic E-state index is 14.1. The van der Waals surface area contributed by atoms with E-state index in [9.17, 15) is 4.39 Å². The highest BCUT2D eigenvalue weighted by molar-refractivity contribution is 5.29. The van der Waals surface area contributed by atoms with Crippen LogP contribution in [0.15, 0.2) is 18.2 Å². The molecule has 21 heavy (non-hydrogen) atoms. The van der Waals surface area contributed by atoms with E-state index < -0.39 is 0 Å². The lowest BCUT2D eigenvalue weighted by atomic mass is 9.89. The summed E-state index contributed by atoms with van der Waals surface area (Å²) in [6, 6.07) is 5.38. The molecule has 4 atom stereocenters. The van der Waals surface area contributed by atoms with Crippen molar-refractivity contribution in [2.45, 2.75) is 51.5 Å². The monoisotopic (exact) mass is 291 g/mol. The first-order chi connectivity index (χ1) is 10.2. The van der Waals surface area contributed by atoms with Crippen LogP contribution in [0, 0.1) is 23.6 Å². The summed E-state index contributed by atoms with van der Waals surface area (Å²) >= 11 is 0. The standard InChI is InChI=1S/C18H26FNO/c1-2-16(20)9-13-4-6-18(17(19)10-13)21-11-15-8-12-3-5-14(15)7-12/h4,6,10,12,14-16H,2-3,5,7-9,11,20H2,1H3. The molecule has 2 bridgehead atoms. The van der Waals surface area contributed by atoms with Gasteiger partial charge in [0.15, 0.2) is 11.6 Å². The van der Waals surface area contributed by atoms with Crippen molar-refractivity contribution in [3.63, 3.8) is 0 Å². The van der Waals surface area contributed by atoms with Gasteiger partial charge in [0.25, 0.3) is 0 Å². The molecular formula is C18H26FNO. The molecule has 0 radical (unpaired) electrons. The Morgan fingerprint density at radius 3 is 2.81 bits per heavy atom. The third-order valence-electron chi connectivity index (χ3n) is 5.36. The van der Waals surface area contributed by atoms with Crippen molar-refractivity contribution in [1.29, 1.82) is 0 Å². The molecule has 2 aliphatic carbocycles. The van der Waals surface area contributed by atoms with E-state index in [1.807, 2.05) is 13.0 Å². The first-order valence-electron chi connectivity index (χ1n) is 8.32. The van der Waals surface area contributed by atoms with Crippen LogP contribution in [0.2, 0.25) is 0 Å². The second kappa shape index (κ2) is 6.35. The predicted octanol–water partition coefficient (Wildman–Crippen LogP) is 3.92. The van der Waals surface area contributed by atoms with Crippen LogP contribution in [0.5, 0.6) is 5.75 Å². The van der Waals surface area contributed by atoms with Crippen LogP contribution >= 0.6 is 0 Å². The fourth-order valence-electron chi connectivity index (χ4n) is 4.01. The zero-order chi connectivity index (χ0) is 14.8. The van der Waals surface area contributed by atoms with E-state index in [1.165, 1.54) is 25.7 Å². The fraction of sp³-hybridized carbons (Fsp3) is 0.667. The van der Waals surface area contributed by atoms with Crippen LogP contribution in [0.25, 0.3) is 0 Å². The molecule has 2 fully saturated rings. The number of rotatable bonds is 6. The van der Waals surface area contributed by atoms with E-state index >= 15 is 0 Å². The van der Waals surface area contributed by atoms with Crippen LogP contribution in [-0.2, 0) is 6.42 Å². The van der Waals surface area contributed by atoms with Crippen molar-refractivity contribution in [2.75, 3.05) is 6.61 Å². The molecule has 4 unspecified atom stereocenters. The van der Waals surface area contributed by atoms with Crippen molar-refractivity contribution >= 4 is 0 Å². The third kappa shape index (κ3) is 3.39. The lowest BCUT2D eigenvalue weighted by molar-refractivity contribution is 0.189. The molecule has 0 spiro atoms. The van der Waals surface area contributed by atoms with Crippen molar-refractivity contribution in [3.8, 4) is 5.75 Å². The minimum atomic E-state index is -0.251. The van der Waals surface area contributed by atoms with E-state index in [4.69, 9.17) is 10.5 Å². The van der Waals surface area contributed by atoms with Gasteiger partial charge in [-0.25, -0.2) is 4.39 Å². The molecule has 0 amide bonds. The zero-order valence-corrected chi connectivity index (χ0v) is 12.9. The van der Waals surface area contributed by atoms with Gasteiger partial charge in [0.2, 0.25) is 0 Å². The second-order valence-corrected chi connectivity index (χ2v) is 6.88. The lowest BCUT2D eigenvalue weighted by Crippen LogP contribution is -2.21. The van der Waals surface area contributed by atoms with E-state index in [0.717, 1.165) is 30.2 Å². The largest absolute Gasteiger partial charge is 0.490 e. The van der Waals surface area contributed by atoms with Gasteiger partial charge in [-0.05, 0) is 67.6 Å². The normalized spacial score (nSPS) is 28.8. The molecule has 0 aromatic heterocycles. The van der Waals surface area contributed by atoms with E-state index in [1.54, 1.807) is 12.1 Å². The number of hydrogen-bond acceptors (Lipinski definition) is 2. The Morgan fingerprint density at radius 2 is 2.19 bits per heavy atom. The summed E-state index contributed by atoms with van der Waals surface area (Å²) in [5.74, 6) is 2.51. The molecule has 1 aromatic rings. The average molecular weight is 291 g/mol. The number of fused-ring (bicyclic) bond motifs is 2. The Kier molecular flexibility index (Phi) is 4.48. The van der Waals surface area contributed by atoms with Gasteiger partial charge in [-0.15, -0.1) is 0 Å². The third-order valence-corrected chi connectivity index (χ3v) is 5.36. The van der Waals surface area contributed by atoms with Crippen LogP contribution in [0.3, 0.4) is 0 Å². The van der Waals surface area contributed by atoms with E-state index in [2.05, 4.69) is 0 Å². The van der Waals surface area contributed by atoms with E-state index in [0.29, 0.717) is 18.3 Å². The maximum Gasteiger partial charge on any atom is 0.165 e. The summed E-state index contributed by atoms with van der Waals surface area (Å²) in [4.78, 5) is 0. The van der Waals surface area contributed by atoms with Gasteiger partial charge in [0.05, 0.1) is 6.61 Å².